The molecule has 8 nitrogen and oxygen atoms in total. The number of sulfonamides is 1. The van der Waals surface area contributed by atoms with Crippen LogP contribution in [-0.2, 0) is 19.6 Å². The van der Waals surface area contributed by atoms with Crippen LogP contribution in [0.2, 0.25) is 0 Å². The van der Waals surface area contributed by atoms with Gasteiger partial charge in [-0.2, -0.15) is 4.31 Å². The number of amides is 2. The lowest BCUT2D eigenvalue weighted by molar-refractivity contribution is -0.136. The number of carbonyl (C=O) groups is 2. The van der Waals surface area contributed by atoms with Crippen molar-refractivity contribution in [2.75, 3.05) is 50.8 Å². The third-order valence-corrected chi connectivity index (χ3v) is 5.05. The van der Waals surface area contributed by atoms with Crippen molar-refractivity contribution in [2.24, 2.45) is 0 Å². The number of anilines is 1. The first-order chi connectivity index (χ1) is 11.4. The van der Waals surface area contributed by atoms with Gasteiger partial charge in [0, 0.05) is 45.0 Å². The summed E-state index contributed by atoms with van der Waals surface area (Å²) in [6.07, 6.45) is 1.20. The summed E-state index contributed by atoms with van der Waals surface area (Å²) in [6, 6.07) is 8.76. The van der Waals surface area contributed by atoms with Gasteiger partial charge in [0.15, 0.2) is 0 Å². The molecule has 1 saturated heterocycles. The molecule has 0 atom stereocenters. The zero-order chi connectivity index (χ0) is 17.6. The standard InChI is InChI=1S/C15H22N4O4S/c1-24(22,23)19-11-9-18(10-12-19)8-7-16-14(20)15(21)17-13-5-3-2-4-6-13/h2-6H,7-12H2,1H3,(H,16,20)(H,17,21). The lowest BCUT2D eigenvalue weighted by atomic mass is 10.3. The molecule has 1 aromatic carbocycles. The van der Waals surface area contributed by atoms with E-state index >= 15 is 0 Å². The van der Waals surface area contributed by atoms with Gasteiger partial charge in [-0.3, -0.25) is 14.5 Å². The van der Waals surface area contributed by atoms with Gasteiger partial charge in [-0.25, -0.2) is 8.42 Å². The normalized spacial score (nSPS) is 16.5. The molecule has 9 heteroatoms. The maximum Gasteiger partial charge on any atom is 0.313 e. The van der Waals surface area contributed by atoms with Gasteiger partial charge < -0.3 is 10.6 Å². The fourth-order valence-electron chi connectivity index (χ4n) is 2.40. The molecule has 24 heavy (non-hydrogen) atoms. The number of nitrogens with one attached hydrogen (secondary N) is 2. The van der Waals surface area contributed by atoms with Crippen LogP contribution in [0.5, 0.6) is 0 Å². The van der Waals surface area contributed by atoms with Crippen molar-refractivity contribution in [1.82, 2.24) is 14.5 Å². The highest BCUT2D eigenvalue weighted by atomic mass is 32.2. The molecular weight excluding hydrogens is 332 g/mol. The highest BCUT2D eigenvalue weighted by molar-refractivity contribution is 7.88. The smallest absolute Gasteiger partial charge is 0.313 e. The van der Waals surface area contributed by atoms with Crippen LogP contribution in [0.25, 0.3) is 0 Å². The Labute approximate surface area is 141 Å². The highest BCUT2D eigenvalue weighted by Crippen LogP contribution is 2.05. The molecule has 1 aromatic rings. The van der Waals surface area contributed by atoms with Gasteiger partial charge in [0.25, 0.3) is 0 Å². The van der Waals surface area contributed by atoms with Crippen LogP contribution in [0.3, 0.4) is 0 Å². The number of benzene rings is 1. The van der Waals surface area contributed by atoms with Crippen LogP contribution in [0, 0.1) is 0 Å². The molecule has 1 aliphatic rings. The first kappa shape index (κ1) is 18.4. The summed E-state index contributed by atoms with van der Waals surface area (Å²) in [4.78, 5) is 25.5. The van der Waals surface area contributed by atoms with E-state index in [4.69, 9.17) is 0 Å². The fourth-order valence-corrected chi connectivity index (χ4v) is 3.23. The van der Waals surface area contributed by atoms with Crippen molar-refractivity contribution in [3.8, 4) is 0 Å². The van der Waals surface area contributed by atoms with Gasteiger partial charge in [0.2, 0.25) is 10.0 Å². The molecule has 0 spiro atoms. The van der Waals surface area contributed by atoms with Crippen molar-refractivity contribution in [3.05, 3.63) is 30.3 Å². The molecular formula is C15H22N4O4S. The van der Waals surface area contributed by atoms with Gasteiger partial charge in [0.1, 0.15) is 0 Å². The first-order valence-electron chi connectivity index (χ1n) is 7.68. The molecule has 0 bridgehead atoms. The summed E-state index contributed by atoms with van der Waals surface area (Å²) in [5.74, 6) is -1.39. The highest BCUT2D eigenvalue weighted by Gasteiger charge is 2.23. The number of piperazine rings is 1. The van der Waals surface area contributed by atoms with Gasteiger partial charge in [-0.1, -0.05) is 18.2 Å². The Kier molecular flexibility index (Phi) is 6.29. The van der Waals surface area contributed by atoms with Crippen molar-refractivity contribution in [3.63, 3.8) is 0 Å². The minimum absolute atomic E-state index is 0.333. The number of para-hydroxylation sites is 1. The van der Waals surface area contributed by atoms with Crippen LogP contribution < -0.4 is 10.6 Å². The number of rotatable bonds is 5. The van der Waals surface area contributed by atoms with E-state index in [2.05, 4.69) is 15.5 Å². The van der Waals surface area contributed by atoms with Crippen LogP contribution in [0.1, 0.15) is 0 Å². The quantitative estimate of drug-likeness (QED) is 0.683. The van der Waals surface area contributed by atoms with Crippen molar-refractivity contribution in [2.45, 2.75) is 0 Å². The summed E-state index contributed by atoms with van der Waals surface area (Å²) in [6.45, 7) is 3.02. The van der Waals surface area contributed by atoms with E-state index in [1.165, 1.54) is 10.6 Å². The van der Waals surface area contributed by atoms with Crippen molar-refractivity contribution in [1.29, 1.82) is 0 Å². The zero-order valence-corrected chi connectivity index (χ0v) is 14.4. The van der Waals surface area contributed by atoms with E-state index in [-0.39, 0.29) is 0 Å². The van der Waals surface area contributed by atoms with E-state index in [0.717, 1.165) is 0 Å². The summed E-state index contributed by atoms with van der Waals surface area (Å²) in [5.41, 5.74) is 0.564. The minimum Gasteiger partial charge on any atom is -0.347 e. The molecule has 1 aliphatic heterocycles. The zero-order valence-electron chi connectivity index (χ0n) is 13.6. The average Bonchev–Trinajstić information content (AvgIpc) is 2.55. The lowest BCUT2D eigenvalue weighted by Crippen LogP contribution is -2.50. The SMILES string of the molecule is CS(=O)(=O)N1CCN(CCNC(=O)C(=O)Nc2ccccc2)CC1. The van der Waals surface area contributed by atoms with Crippen LogP contribution in [0.15, 0.2) is 30.3 Å². The molecule has 0 saturated carbocycles. The Morgan fingerprint density at radius 2 is 1.67 bits per heavy atom. The molecule has 0 aliphatic carbocycles. The Morgan fingerprint density at radius 3 is 2.25 bits per heavy atom. The largest absolute Gasteiger partial charge is 0.347 e. The lowest BCUT2D eigenvalue weighted by Gasteiger charge is -2.33. The molecule has 1 heterocycles. The number of carbonyl (C=O) groups excluding carboxylic acids is 2. The van der Waals surface area contributed by atoms with E-state index < -0.39 is 21.8 Å². The fraction of sp³-hybridized carbons (Fsp3) is 0.467. The van der Waals surface area contributed by atoms with Gasteiger partial charge in [-0.15, -0.1) is 0 Å². The van der Waals surface area contributed by atoms with Gasteiger partial charge >= 0.3 is 11.8 Å². The van der Waals surface area contributed by atoms with E-state index in [1.807, 2.05) is 6.07 Å². The molecule has 132 valence electrons. The third-order valence-electron chi connectivity index (χ3n) is 3.75. The maximum atomic E-state index is 11.7. The first-order valence-corrected chi connectivity index (χ1v) is 9.53. The molecule has 1 fully saturated rings. The third kappa shape index (κ3) is 5.59. The van der Waals surface area contributed by atoms with Crippen LogP contribution in [0.4, 0.5) is 5.69 Å². The van der Waals surface area contributed by atoms with Gasteiger partial charge in [0.05, 0.1) is 6.26 Å². The molecule has 0 radical (unpaired) electrons. The topological polar surface area (TPSA) is 98.8 Å². The summed E-state index contributed by atoms with van der Waals surface area (Å²) in [7, 11) is -3.14. The van der Waals surface area contributed by atoms with Crippen LogP contribution >= 0.6 is 0 Å². The van der Waals surface area contributed by atoms with Crippen molar-refractivity contribution < 1.29 is 18.0 Å². The molecule has 2 N–H and O–H groups in total. The summed E-state index contributed by atoms with van der Waals surface area (Å²) >= 11 is 0. The number of nitrogens with zero attached hydrogens (tertiary/aromatic N) is 2. The Balaban J connectivity index is 1.67. The molecule has 0 unspecified atom stereocenters. The minimum atomic E-state index is -3.14. The van der Waals surface area contributed by atoms with Crippen LogP contribution in [-0.4, -0.2) is 75.0 Å². The maximum absolute atomic E-state index is 11.7. The van der Waals surface area contributed by atoms with Crippen molar-refractivity contribution >= 4 is 27.5 Å². The predicted molar refractivity (Wildman–Crippen MR) is 90.9 cm³/mol. The molecule has 2 amide bonds. The molecule has 2 rings (SSSR count). The Bertz CT molecular complexity index is 670. The Morgan fingerprint density at radius 1 is 1.04 bits per heavy atom. The predicted octanol–water partition coefficient (Wildman–Crippen LogP) is -0.681. The van der Waals surface area contributed by atoms with Gasteiger partial charge in [-0.05, 0) is 12.1 Å². The average molecular weight is 354 g/mol. The molecule has 0 aromatic heterocycles. The summed E-state index contributed by atoms with van der Waals surface area (Å²) in [5, 5.41) is 5.08. The van der Waals surface area contributed by atoms with E-state index in [9.17, 15) is 18.0 Å². The summed E-state index contributed by atoms with van der Waals surface area (Å²) < 4.78 is 24.3. The van der Waals surface area contributed by atoms with E-state index in [0.29, 0.717) is 45.0 Å². The Hall–Kier alpha value is -1.97. The second-order valence-corrected chi connectivity index (χ2v) is 7.56. The monoisotopic (exact) mass is 354 g/mol. The second kappa shape index (κ2) is 8.22. The number of hydrogen-bond donors (Lipinski definition) is 2. The number of hydrogen-bond acceptors (Lipinski definition) is 5. The van der Waals surface area contributed by atoms with E-state index in [1.54, 1.807) is 24.3 Å². The second-order valence-electron chi connectivity index (χ2n) is 5.58.